The molecule has 7 rings (SSSR count). The van der Waals surface area contributed by atoms with Crippen molar-refractivity contribution in [2.24, 2.45) is 0 Å². The summed E-state index contributed by atoms with van der Waals surface area (Å²) < 4.78 is 54.2. The van der Waals surface area contributed by atoms with Gasteiger partial charge in [0.15, 0.2) is 22.2 Å². The average molecular weight is 961 g/mol. The standard InChI is InChI=1S/C55H68O11Si2/c1-9-60-32-14-38-67(5,6)66-68(7,8)39-15-33-61-34-35-62-49(56)28-29-50(57)63-36-37-64-54(2)48-19-13-12-18-46(48)51-44-16-10-11-17-45(44)53-47(52(51)54)30-31-55(65-53,40-20-24-42(58-3)25-21-40)41-22-26-43(59-4)27-23-41/h10-13,16-27,30-31H,9,14-15,28-29,32-39H2,1-8H3. The van der Waals surface area contributed by atoms with Gasteiger partial charge in [0.2, 0.25) is 0 Å². The van der Waals surface area contributed by atoms with E-state index in [-0.39, 0.29) is 32.7 Å². The molecule has 2 aliphatic rings. The summed E-state index contributed by atoms with van der Waals surface area (Å²) in [6, 6.07) is 34.7. The third-order valence-electron chi connectivity index (χ3n) is 12.8. The molecular weight excluding hydrogens is 893 g/mol. The van der Waals surface area contributed by atoms with E-state index in [1.807, 2.05) is 79.7 Å². The summed E-state index contributed by atoms with van der Waals surface area (Å²) in [6.07, 6.45) is 6.03. The smallest absolute Gasteiger partial charge is 0.306 e. The Morgan fingerprint density at radius 2 is 1.18 bits per heavy atom. The highest BCUT2D eigenvalue weighted by Crippen LogP contribution is 2.58. The van der Waals surface area contributed by atoms with Gasteiger partial charge in [-0.2, -0.15) is 0 Å². The number of methoxy groups -OCH3 is 2. The molecule has 1 atom stereocenters. The Hall–Kier alpha value is -5.29. The van der Waals surface area contributed by atoms with Gasteiger partial charge in [-0.1, -0.05) is 78.9 Å². The number of fused-ring (bicyclic) bond motifs is 8. The Morgan fingerprint density at radius 1 is 0.632 bits per heavy atom. The molecule has 0 aromatic heterocycles. The lowest BCUT2D eigenvalue weighted by Gasteiger charge is -2.39. The van der Waals surface area contributed by atoms with Gasteiger partial charge in [-0.3, -0.25) is 9.59 Å². The van der Waals surface area contributed by atoms with Crippen LogP contribution in [0.4, 0.5) is 0 Å². The third-order valence-corrected chi connectivity index (χ3v) is 20.4. The van der Waals surface area contributed by atoms with Crippen LogP contribution < -0.4 is 14.2 Å². The number of carbonyl (C=O) groups excluding carboxylic acids is 2. The lowest BCUT2D eigenvalue weighted by atomic mass is 9.80. The zero-order valence-corrected chi connectivity index (χ0v) is 43.1. The van der Waals surface area contributed by atoms with Gasteiger partial charge in [-0.05, 0) is 117 Å². The van der Waals surface area contributed by atoms with Gasteiger partial charge in [-0.25, -0.2) is 0 Å². The molecule has 0 saturated carbocycles. The van der Waals surface area contributed by atoms with Crippen molar-refractivity contribution in [2.75, 3.05) is 60.5 Å². The molecule has 1 unspecified atom stereocenters. The van der Waals surface area contributed by atoms with Crippen LogP contribution in [0.5, 0.6) is 17.2 Å². The van der Waals surface area contributed by atoms with Gasteiger partial charge in [0.1, 0.15) is 36.1 Å². The van der Waals surface area contributed by atoms with Crippen LogP contribution in [0.1, 0.15) is 67.3 Å². The first-order valence-corrected chi connectivity index (χ1v) is 30.1. The normalized spacial score (nSPS) is 15.8. The summed E-state index contributed by atoms with van der Waals surface area (Å²) in [5.74, 6) is 1.26. The molecule has 13 heteroatoms. The molecule has 0 radical (unpaired) electrons. The molecule has 1 heterocycles. The minimum atomic E-state index is -1.82. The molecule has 0 spiro atoms. The molecule has 1 aliphatic carbocycles. The van der Waals surface area contributed by atoms with Crippen molar-refractivity contribution in [1.82, 2.24) is 0 Å². The summed E-state index contributed by atoms with van der Waals surface area (Å²) in [6.45, 7) is 15.9. The molecule has 0 N–H and O–H groups in total. The van der Waals surface area contributed by atoms with Crippen molar-refractivity contribution in [1.29, 1.82) is 0 Å². The fourth-order valence-electron chi connectivity index (χ4n) is 9.68. The quantitative estimate of drug-likeness (QED) is 0.0316. The first-order chi connectivity index (χ1) is 32.7. The highest BCUT2D eigenvalue weighted by atomic mass is 28.4. The second-order valence-corrected chi connectivity index (χ2v) is 27.5. The summed E-state index contributed by atoms with van der Waals surface area (Å²) in [5.41, 5.74) is 4.99. The highest BCUT2D eigenvalue weighted by Gasteiger charge is 2.47. The average Bonchev–Trinajstić information content (AvgIpc) is 3.61. The van der Waals surface area contributed by atoms with Crippen molar-refractivity contribution in [3.63, 3.8) is 0 Å². The van der Waals surface area contributed by atoms with Crippen molar-refractivity contribution in [2.45, 2.75) is 89.0 Å². The number of ether oxygens (including phenoxy) is 8. The minimum absolute atomic E-state index is 0.00722. The van der Waals surface area contributed by atoms with E-state index in [0.717, 1.165) is 105 Å². The Kier molecular flexibility index (Phi) is 16.7. The van der Waals surface area contributed by atoms with Gasteiger partial charge >= 0.3 is 11.9 Å². The second-order valence-electron chi connectivity index (χ2n) is 18.7. The lowest BCUT2D eigenvalue weighted by Crippen LogP contribution is -2.44. The van der Waals surface area contributed by atoms with E-state index in [1.54, 1.807) is 14.2 Å². The van der Waals surface area contributed by atoms with Crippen LogP contribution >= 0.6 is 0 Å². The fraction of sp³-hybridized carbons (Fsp3) is 0.418. The van der Waals surface area contributed by atoms with Gasteiger partial charge in [0.05, 0.1) is 40.3 Å². The predicted octanol–water partition coefficient (Wildman–Crippen LogP) is 11.6. The van der Waals surface area contributed by atoms with Gasteiger partial charge in [-0.15, -0.1) is 0 Å². The molecule has 0 bridgehead atoms. The van der Waals surface area contributed by atoms with Crippen LogP contribution in [0, 0.1) is 0 Å². The van der Waals surface area contributed by atoms with E-state index < -0.39 is 39.8 Å². The van der Waals surface area contributed by atoms with E-state index in [2.05, 4.69) is 69.5 Å². The van der Waals surface area contributed by atoms with E-state index in [4.69, 9.17) is 42.0 Å². The van der Waals surface area contributed by atoms with Crippen LogP contribution in [-0.4, -0.2) is 89.0 Å². The fourth-order valence-corrected chi connectivity index (χ4v) is 18.5. The molecule has 5 aromatic carbocycles. The van der Waals surface area contributed by atoms with Crippen molar-refractivity contribution in [3.8, 4) is 28.4 Å². The summed E-state index contributed by atoms with van der Waals surface area (Å²) in [7, 11) is -0.249. The van der Waals surface area contributed by atoms with E-state index in [1.165, 1.54) is 0 Å². The maximum Gasteiger partial charge on any atom is 0.306 e. The first-order valence-electron chi connectivity index (χ1n) is 23.9. The van der Waals surface area contributed by atoms with Crippen LogP contribution in [0.25, 0.3) is 28.0 Å². The minimum Gasteiger partial charge on any atom is -0.497 e. The van der Waals surface area contributed by atoms with Crippen molar-refractivity contribution >= 4 is 45.4 Å². The van der Waals surface area contributed by atoms with Gasteiger partial charge in [0, 0.05) is 47.5 Å². The molecular formula is C55H68O11Si2. The SMILES string of the molecule is CCOCCC[Si](C)(C)O[Si](C)(C)CCCOCCOC(=O)CCC(=O)OCCOC1(C)c2ccccc2-c2c1c1c(c3ccccc23)OC(c2ccc(OC)cc2)(c2ccc(OC)cc2)C=C1. The Labute approximate surface area is 404 Å². The molecule has 0 saturated heterocycles. The number of rotatable bonds is 25. The monoisotopic (exact) mass is 960 g/mol. The predicted molar refractivity (Wildman–Crippen MR) is 272 cm³/mol. The molecule has 68 heavy (non-hydrogen) atoms. The lowest BCUT2D eigenvalue weighted by molar-refractivity contribution is -0.152. The summed E-state index contributed by atoms with van der Waals surface area (Å²) >= 11 is 0. The number of hydrogen-bond acceptors (Lipinski definition) is 11. The first kappa shape index (κ1) is 50.6. The topological polar surface area (TPSA) is 117 Å². The third kappa shape index (κ3) is 11.6. The molecule has 5 aromatic rings. The number of carbonyl (C=O) groups is 2. The van der Waals surface area contributed by atoms with Gasteiger partial charge in [0.25, 0.3) is 0 Å². The summed E-state index contributed by atoms with van der Waals surface area (Å²) in [5, 5.41) is 2.01. The van der Waals surface area contributed by atoms with Crippen LogP contribution in [0.3, 0.4) is 0 Å². The Morgan fingerprint density at radius 3 is 1.76 bits per heavy atom. The van der Waals surface area contributed by atoms with Gasteiger partial charge < -0.3 is 42.0 Å². The maximum atomic E-state index is 12.9. The molecule has 1 aliphatic heterocycles. The Balaban J connectivity index is 0.960. The maximum absolute atomic E-state index is 12.9. The van der Waals surface area contributed by atoms with Crippen LogP contribution in [0.15, 0.2) is 103 Å². The van der Waals surface area contributed by atoms with E-state index in [9.17, 15) is 9.59 Å². The van der Waals surface area contributed by atoms with E-state index >= 15 is 0 Å². The second kappa shape index (κ2) is 22.4. The molecule has 11 nitrogen and oxygen atoms in total. The highest BCUT2D eigenvalue weighted by molar-refractivity contribution is 6.84. The number of benzene rings is 5. The zero-order valence-electron chi connectivity index (χ0n) is 41.1. The number of hydrogen-bond donors (Lipinski definition) is 0. The largest absolute Gasteiger partial charge is 0.497 e. The molecule has 0 fully saturated rings. The van der Waals surface area contributed by atoms with Crippen molar-refractivity contribution in [3.05, 3.63) is 131 Å². The van der Waals surface area contributed by atoms with Crippen LogP contribution in [-0.2, 0) is 48.6 Å². The number of esters is 2. The van der Waals surface area contributed by atoms with E-state index in [0.29, 0.717) is 13.2 Å². The summed E-state index contributed by atoms with van der Waals surface area (Å²) in [4.78, 5) is 25.4. The molecule has 0 amide bonds. The van der Waals surface area contributed by atoms with Crippen LogP contribution in [0.2, 0.25) is 38.3 Å². The Bertz CT molecular complexity index is 2490. The van der Waals surface area contributed by atoms with Crippen molar-refractivity contribution < 1.29 is 51.6 Å². The zero-order chi connectivity index (χ0) is 48.4. The molecule has 362 valence electrons.